The van der Waals surface area contributed by atoms with Crippen LogP contribution < -0.4 is 10.6 Å². The van der Waals surface area contributed by atoms with Gasteiger partial charge in [-0.15, -0.1) is 0 Å². The van der Waals surface area contributed by atoms with Gasteiger partial charge in [0.1, 0.15) is 0 Å². The fraction of sp³-hybridized carbons (Fsp3) is 0.556. The SMILES string of the molecule is CC(C)(C)C(=O)NCCC(=O)Nc1cccc(S(=O)(=O)N2CCOCC2)c1. The van der Waals surface area contributed by atoms with Crippen molar-refractivity contribution in [3.8, 4) is 0 Å². The van der Waals surface area contributed by atoms with E-state index in [2.05, 4.69) is 10.6 Å². The third-order valence-electron chi connectivity index (χ3n) is 4.04. The van der Waals surface area contributed by atoms with Crippen molar-refractivity contribution in [1.29, 1.82) is 0 Å². The van der Waals surface area contributed by atoms with Crippen LogP contribution in [0.15, 0.2) is 29.2 Å². The first-order chi connectivity index (χ1) is 12.6. The average Bonchev–Trinajstić information content (AvgIpc) is 2.61. The second-order valence-corrected chi connectivity index (χ2v) is 9.29. The van der Waals surface area contributed by atoms with Crippen LogP contribution >= 0.6 is 0 Å². The molecule has 2 N–H and O–H groups in total. The van der Waals surface area contributed by atoms with E-state index in [1.165, 1.54) is 16.4 Å². The van der Waals surface area contributed by atoms with E-state index in [0.717, 1.165) is 0 Å². The molecule has 2 rings (SSSR count). The zero-order valence-corrected chi connectivity index (χ0v) is 16.8. The molecule has 0 spiro atoms. The minimum atomic E-state index is -3.62. The summed E-state index contributed by atoms with van der Waals surface area (Å²) in [4.78, 5) is 24.0. The Labute approximate surface area is 160 Å². The van der Waals surface area contributed by atoms with Gasteiger partial charge in [-0.25, -0.2) is 8.42 Å². The number of anilines is 1. The minimum absolute atomic E-state index is 0.0995. The highest BCUT2D eigenvalue weighted by Gasteiger charge is 2.26. The zero-order valence-electron chi connectivity index (χ0n) is 15.9. The first-order valence-corrected chi connectivity index (χ1v) is 10.3. The van der Waals surface area contributed by atoms with Crippen LogP contribution in [-0.4, -0.2) is 57.4 Å². The number of carbonyl (C=O) groups is 2. The van der Waals surface area contributed by atoms with Gasteiger partial charge >= 0.3 is 0 Å². The van der Waals surface area contributed by atoms with E-state index in [1.807, 2.05) is 0 Å². The Balaban J connectivity index is 1.95. The average molecular weight is 397 g/mol. The highest BCUT2D eigenvalue weighted by molar-refractivity contribution is 7.89. The van der Waals surface area contributed by atoms with E-state index < -0.39 is 15.4 Å². The van der Waals surface area contributed by atoms with Gasteiger partial charge in [0.15, 0.2) is 0 Å². The number of sulfonamides is 1. The number of hydrogen-bond donors (Lipinski definition) is 2. The Morgan fingerprint density at radius 2 is 1.85 bits per heavy atom. The molecule has 1 heterocycles. The van der Waals surface area contributed by atoms with Crippen molar-refractivity contribution in [2.75, 3.05) is 38.2 Å². The Morgan fingerprint density at radius 1 is 1.19 bits per heavy atom. The van der Waals surface area contributed by atoms with Crippen molar-refractivity contribution >= 4 is 27.5 Å². The quantitative estimate of drug-likeness (QED) is 0.750. The number of ether oxygens (including phenoxy) is 1. The number of amides is 2. The molecule has 0 atom stereocenters. The summed E-state index contributed by atoms with van der Waals surface area (Å²) in [7, 11) is -3.62. The second kappa shape index (κ2) is 8.81. The summed E-state index contributed by atoms with van der Waals surface area (Å²) in [6.07, 6.45) is 0.0995. The van der Waals surface area contributed by atoms with Crippen LogP contribution in [0.25, 0.3) is 0 Å². The maximum absolute atomic E-state index is 12.7. The number of nitrogens with zero attached hydrogens (tertiary/aromatic N) is 1. The summed E-state index contributed by atoms with van der Waals surface area (Å²) in [6, 6.07) is 6.16. The minimum Gasteiger partial charge on any atom is -0.379 e. The largest absolute Gasteiger partial charge is 0.379 e. The van der Waals surface area contributed by atoms with Gasteiger partial charge in [0, 0.05) is 37.2 Å². The summed E-state index contributed by atoms with van der Waals surface area (Å²) in [5.41, 5.74) is -0.116. The lowest BCUT2D eigenvalue weighted by Crippen LogP contribution is -2.40. The molecule has 1 fully saturated rings. The Morgan fingerprint density at radius 3 is 2.48 bits per heavy atom. The molecule has 1 aromatic rings. The molecule has 1 aliphatic rings. The highest BCUT2D eigenvalue weighted by Crippen LogP contribution is 2.20. The second-order valence-electron chi connectivity index (χ2n) is 7.35. The third kappa shape index (κ3) is 6.02. The van der Waals surface area contributed by atoms with Crippen LogP contribution in [0.1, 0.15) is 27.2 Å². The molecule has 1 aliphatic heterocycles. The van der Waals surface area contributed by atoms with Crippen molar-refractivity contribution in [2.24, 2.45) is 5.41 Å². The first-order valence-electron chi connectivity index (χ1n) is 8.87. The number of benzene rings is 1. The van der Waals surface area contributed by atoms with Crippen LogP contribution in [0, 0.1) is 5.41 Å². The Kier molecular flexibility index (Phi) is 6.96. The molecule has 27 heavy (non-hydrogen) atoms. The van der Waals surface area contributed by atoms with E-state index in [4.69, 9.17) is 4.74 Å². The molecule has 0 aromatic heterocycles. The summed E-state index contributed by atoms with van der Waals surface area (Å²) < 4.78 is 31.9. The number of hydrogen-bond acceptors (Lipinski definition) is 5. The van der Waals surface area contributed by atoms with Crippen molar-refractivity contribution < 1.29 is 22.7 Å². The number of carbonyl (C=O) groups excluding carboxylic acids is 2. The summed E-state index contributed by atoms with van der Waals surface area (Å²) in [6.45, 7) is 6.97. The smallest absolute Gasteiger partial charge is 0.243 e. The monoisotopic (exact) mass is 397 g/mol. The molecule has 0 saturated carbocycles. The summed E-state index contributed by atoms with van der Waals surface area (Å²) in [5.74, 6) is -0.431. The van der Waals surface area contributed by atoms with Crippen LogP contribution in [0.5, 0.6) is 0 Å². The predicted octanol–water partition coefficient (Wildman–Crippen LogP) is 1.20. The molecule has 0 radical (unpaired) electrons. The van der Waals surface area contributed by atoms with Gasteiger partial charge in [-0.3, -0.25) is 9.59 Å². The molecule has 0 unspecified atom stereocenters. The third-order valence-corrected chi connectivity index (χ3v) is 5.94. The van der Waals surface area contributed by atoms with Crippen molar-refractivity contribution in [3.63, 3.8) is 0 Å². The van der Waals surface area contributed by atoms with Crippen LogP contribution in [-0.2, 0) is 24.3 Å². The molecule has 0 aliphatic carbocycles. The Hall–Kier alpha value is -1.97. The highest BCUT2D eigenvalue weighted by atomic mass is 32.2. The molecule has 150 valence electrons. The van der Waals surface area contributed by atoms with Gasteiger partial charge in [-0.05, 0) is 18.2 Å². The maximum atomic E-state index is 12.7. The molecule has 8 nitrogen and oxygen atoms in total. The Bertz CT molecular complexity index is 780. The van der Waals surface area contributed by atoms with Crippen LogP contribution in [0.3, 0.4) is 0 Å². The maximum Gasteiger partial charge on any atom is 0.243 e. The van der Waals surface area contributed by atoms with E-state index in [1.54, 1.807) is 32.9 Å². The van der Waals surface area contributed by atoms with Crippen LogP contribution in [0.2, 0.25) is 0 Å². The fourth-order valence-electron chi connectivity index (χ4n) is 2.45. The fourth-order valence-corrected chi connectivity index (χ4v) is 3.90. The number of rotatable bonds is 6. The van der Waals surface area contributed by atoms with Gasteiger partial charge in [0.2, 0.25) is 21.8 Å². The lowest BCUT2D eigenvalue weighted by molar-refractivity contribution is -0.128. The van der Waals surface area contributed by atoms with E-state index >= 15 is 0 Å². The number of nitrogens with one attached hydrogen (secondary N) is 2. The topological polar surface area (TPSA) is 105 Å². The molecular formula is C18H27N3O5S. The van der Waals surface area contributed by atoms with Crippen molar-refractivity contribution in [1.82, 2.24) is 9.62 Å². The molecule has 1 saturated heterocycles. The zero-order chi connectivity index (χ0) is 20.1. The molecule has 9 heteroatoms. The van der Waals surface area contributed by atoms with Gasteiger partial charge in [0.25, 0.3) is 0 Å². The number of morpholine rings is 1. The normalized spacial score (nSPS) is 16.0. The molecule has 1 aromatic carbocycles. The van der Waals surface area contributed by atoms with Gasteiger partial charge in [-0.1, -0.05) is 26.8 Å². The van der Waals surface area contributed by atoms with E-state index in [-0.39, 0.29) is 29.7 Å². The van der Waals surface area contributed by atoms with Crippen molar-refractivity contribution in [3.05, 3.63) is 24.3 Å². The lowest BCUT2D eigenvalue weighted by Gasteiger charge is -2.26. The molecular weight excluding hydrogens is 370 g/mol. The molecule has 2 amide bonds. The van der Waals surface area contributed by atoms with E-state index in [0.29, 0.717) is 32.0 Å². The van der Waals surface area contributed by atoms with Gasteiger partial charge < -0.3 is 15.4 Å². The van der Waals surface area contributed by atoms with Gasteiger partial charge in [-0.2, -0.15) is 4.31 Å². The summed E-state index contributed by atoms with van der Waals surface area (Å²) >= 11 is 0. The van der Waals surface area contributed by atoms with Crippen LogP contribution in [0.4, 0.5) is 5.69 Å². The van der Waals surface area contributed by atoms with E-state index in [9.17, 15) is 18.0 Å². The summed E-state index contributed by atoms with van der Waals surface area (Å²) in [5, 5.41) is 5.38. The lowest BCUT2D eigenvalue weighted by atomic mass is 9.96. The van der Waals surface area contributed by atoms with Gasteiger partial charge in [0.05, 0.1) is 18.1 Å². The molecule has 0 bridgehead atoms. The standard InChI is InChI=1S/C18H27N3O5S/c1-18(2,3)17(23)19-8-7-16(22)20-14-5-4-6-15(13-14)27(24,25)21-9-11-26-12-10-21/h4-6,13H,7-12H2,1-3H3,(H,19,23)(H,20,22). The van der Waals surface area contributed by atoms with Crippen molar-refractivity contribution in [2.45, 2.75) is 32.1 Å². The predicted molar refractivity (Wildman–Crippen MR) is 102 cm³/mol. The first kappa shape index (κ1) is 21.3.